The van der Waals surface area contributed by atoms with Crippen LogP contribution in [0.2, 0.25) is 0 Å². The fourth-order valence-corrected chi connectivity index (χ4v) is 3.19. The molecule has 2 aromatic heterocycles. The first-order valence-electron chi connectivity index (χ1n) is 8.21. The average molecular weight is 324 g/mol. The lowest BCUT2D eigenvalue weighted by molar-refractivity contribution is -0.0274. The number of piperidine rings is 1. The minimum Gasteiger partial charge on any atom is -0.488 e. The van der Waals surface area contributed by atoms with E-state index >= 15 is 0 Å². The fourth-order valence-electron chi connectivity index (χ4n) is 3.19. The molecule has 1 N–H and O–H groups in total. The minimum absolute atomic E-state index is 0.188. The number of rotatable bonds is 4. The molecule has 5 heteroatoms. The summed E-state index contributed by atoms with van der Waals surface area (Å²) >= 11 is 0. The van der Waals surface area contributed by atoms with E-state index in [1.807, 2.05) is 36.4 Å². The summed E-state index contributed by atoms with van der Waals surface area (Å²) in [5.74, 6) is 0.758. The summed E-state index contributed by atoms with van der Waals surface area (Å²) in [5.41, 5.74) is 2.03. The third kappa shape index (κ3) is 3.27. The van der Waals surface area contributed by atoms with Crippen molar-refractivity contribution in [2.45, 2.75) is 25.2 Å². The molecule has 4 rings (SSSR count). The normalized spacial score (nSPS) is 21.9. The second-order valence-electron chi connectivity index (χ2n) is 6.24. The first-order chi connectivity index (χ1) is 11.8. The Bertz CT molecular complexity index is 803. The van der Waals surface area contributed by atoms with Crippen molar-refractivity contribution in [3.05, 3.63) is 60.7 Å². The highest BCUT2D eigenvalue weighted by molar-refractivity contribution is 5.79. The third-order valence-electron chi connectivity index (χ3n) is 4.46. The van der Waals surface area contributed by atoms with E-state index in [2.05, 4.69) is 9.88 Å². The van der Waals surface area contributed by atoms with Gasteiger partial charge in [-0.3, -0.25) is 9.88 Å². The van der Waals surface area contributed by atoms with Gasteiger partial charge < -0.3 is 14.3 Å². The average Bonchev–Trinajstić information content (AvgIpc) is 3.10. The number of furan rings is 1. The standard InChI is InChI=1S/C19H20N2O3/c22-18-12-21(11-14-6-9-23-13-14)8-5-19(18)24-16-4-3-15-2-1-7-20-17(15)10-16/h1-4,6-7,9-10,13,18-19,22H,5,8,11-12H2/t18-,19-/m1/s1. The molecule has 3 heterocycles. The molecule has 0 amide bonds. The zero-order valence-electron chi connectivity index (χ0n) is 13.3. The van der Waals surface area contributed by atoms with Gasteiger partial charge in [-0.1, -0.05) is 6.07 Å². The molecule has 0 spiro atoms. The summed E-state index contributed by atoms with van der Waals surface area (Å²) in [4.78, 5) is 6.57. The zero-order chi connectivity index (χ0) is 16.4. The first kappa shape index (κ1) is 15.2. The molecule has 0 saturated carbocycles. The number of nitrogens with zero attached hydrogens (tertiary/aromatic N) is 2. The SMILES string of the molecule is O[C@@H]1CN(Cc2ccoc2)CC[C@H]1Oc1ccc2cccnc2c1. The van der Waals surface area contributed by atoms with Crippen molar-refractivity contribution >= 4 is 10.9 Å². The highest BCUT2D eigenvalue weighted by atomic mass is 16.5. The van der Waals surface area contributed by atoms with Crippen LogP contribution >= 0.6 is 0 Å². The fraction of sp³-hybridized carbons (Fsp3) is 0.316. The van der Waals surface area contributed by atoms with Crippen molar-refractivity contribution in [2.24, 2.45) is 0 Å². The van der Waals surface area contributed by atoms with Crippen molar-refractivity contribution in [1.29, 1.82) is 0 Å². The molecule has 1 aromatic carbocycles. The van der Waals surface area contributed by atoms with Crippen LogP contribution in [0.3, 0.4) is 0 Å². The number of fused-ring (bicyclic) bond motifs is 1. The van der Waals surface area contributed by atoms with Gasteiger partial charge in [-0.2, -0.15) is 0 Å². The largest absolute Gasteiger partial charge is 0.488 e. The van der Waals surface area contributed by atoms with Gasteiger partial charge in [-0.15, -0.1) is 0 Å². The van der Waals surface area contributed by atoms with Crippen LogP contribution in [0.4, 0.5) is 0 Å². The van der Waals surface area contributed by atoms with Gasteiger partial charge in [-0.05, 0) is 30.7 Å². The minimum atomic E-state index is -0.509. The summed E-state index contributed by atoms with van der Waals surface area (Å²) in [6.07, 6.45) is 5.29. The van der Waals surface area contributed by atoms with Crippen LogP contribution in [0.1, 0.15) is 12.0 Å². The van der Waals surface area contributed by atoms with E-state index in [1.54, 1.807) is 18.7 Å². The van der Waals surface area contributed by atoms with Crippen LogP contribution in [-0.4, -0.2) is 40.3 Å². The van der Waals surface area contributed by atoms with Gasteiger partial charge in [0.25, 0.3) is 0 Å². The number of aliphatic hydroxyl groups is 1. The van der Waals surface area contributed by atoms with Crippen LogP contribution in [-0.2, 0) is 6.54 Å². The van der Waals surface area contributed by atoms with Gasteiger partial charge in [0, 0.05) is 42.8 Å². The van der Waals surface area contributed by atoms with Crippen LogP contribution < -0.4 is 4.74 Å². The maximum absolute atomic E-state index is 10.4. The Kier molecular flexibility index (Phi) is 4.19. The Balaban J connectivity index is 1.40. The van der Waals surface area contributed by atoms with Crippen molar-refractivity contribution in [3.63, 3.8) is 0 Å². The lowest BCUT2D eigenvalue weighted by Crippen LogP contribution is -2.48. The van der Waals surface area contributed by atoms with Gasteiger partial charge in [0.2, 0.25) is 0 Å². The number of pyridine rings is 1. The van der Waals surface area contributed by atoms with Crippen molar-refractivity contribution in [3.8, 4) is 5.75 Å². The molecular formula is C19H20N2O3. The van der Waals surface area contributed by atoms with Gasteiger partial charge in [-0.25, -0.2) is 0 Å². The molecule has 1 aliphatic rings. The van der Waals surface area contributed by atoms with Crippen molar-refractivity contribution in [2.75, 3.05) is 13.1 Å². The van der Waals surface area contributed by atoms with E-state index < -0.39 is 6.10 Å². The zero-order valence-corrected chi connectivity index (χ0v) is 13.3. The predicted octanol–water partition coefficient (Wildman–Crippen LogP) is 2.84. The maximum atomic E-state index is 10.4. The molecule has 0 unspecified atom stereocenters. The number of ether oxygens (including phenoxy) is 1. The molecule has 24 heavy (non-hydrogen) atoms. The number of hydrogen-bond donors (Lipinski definition) is 1. The van der Waals surface area contributed by atoms with E-state index in [0.717, 1.165) is 41.7 Å². The summed E-state index contributed by atoms with van der Waals surface area (Å²) < 4.78 is 11.1. The van der Waals surface area contributed by atoms with Gasteiger partial charge in [0.15, 0.2) is 0 Å². The Labute approximate surface area is 140 Å². The summed E-state index contributed by atoms with van der Waals surface area (Å²) in [5, 5.41) is 11.5. The number of aromatic nitrogens is 1. The predicted molar refractivity (Wildman–Crippen MR) is 90.8 cm³/mol. The number of benzene rings is 1. The highest BCUT2D eigenvalue weighted by Crippen LogP contribution is 2.23. The molecule has 3 aromatic rings. The van der Waals surface area contributed by atoms with Crippen molar-refractivity contribution in [1.82, 2.24) is 9.88 Å². The topological polar surface area (TPSA) is 58.7 Å². The van der Waals surface area contributed by atoms with E-state index in [9.17, 15) is 5.11 Å². The lowest BCUT2D eigenvalue weighted by atomic mass is 10.0. The molecule has 5 nitrogen and oxygen atoms in total. The lowest BCUT2D eigenvalue weighted by Gasteiger charge is -2.35. The molecule has 1 saturated heterocycles. The number of β-amino-alcohol motifs (C(OH)–C–C–N with tert-alkyl or cyclic N) is 1. The third-order valence-corrected chi connectivity index (χ3v) is 4.46. The van der Waals surface area contributed by atoms with Crippen LogP contribution in [0.15, 0.2) is 59.5 Å². The molecule has 1 aliphatic heterocycles. The second-order valence-corrected chi connectivity index (χ2v) is 6.24. The summed E-state index contributed by atoms with van der Waals surface area (Å²) in [7, 11) is 0. The van der Waals surface area contributed by atoms with Gasteiger partial charge in [0.05, 0.1) is 18.0 Å². The van der Waals surface area contributed by atoms with Crippen LogP contribution in [0, 0.1) is 0 Å². The Morgan fingerprint density at radius 1 is 1.29 bits per heavy atom. The molecule has 2 atom stereocenters. The molecule has 0 radical (unpaired) electrons. The number of hydrogen-bond acceptors (Lipinski definition) is 5. The van der Waals surface area contributed by atoms with E-state index in [1.165, 1.54) is 0 Å². The van der Waals surface area contributed by atoms with E-state index in [4.69, 9.17) is 9.15 Å². The highest BCUT2D eigenvalue weighted by Gasteiger charge is 2.29. The van der Waals surface area contributed by atoms with Gasteiger partial charge in [0.1, 0.15) is 18.0 Å². The van der Waals surface area contributed by atoms with E-state index in [-0.39, 0.29) is 6.10 Å². The first-order valence-corrected chi connectivity index (χ1v) is 8.21. The summed E-state index contributed by atoms with van der Waals surface area (Å²) in [6.45, 7) is 2.28. The van der Waals surface area contributed by atoms with Gasteiger partial charge >= 0.3 is 0 Å². The molecule has 0 aliphatic carbocycles. The Hall–Kier alpha value is -2.37. The Morgan fingerprint density at radius 2 is 2.25 bits per heavy atom. The quantitative estimate of drug-likeness (QED) is 0.800. The molecule has 124 valence electrons. The smallest absolute Gasteiger partial charge is 0.127 e. The van der Waals surface area contributed by atoms with Crippen molar-refractivity contribution < 1.29 is 14.3 Å². The summed E-state index contributed by atoms with van der Waals surface area (Å²) in [6, 6.07) is 11.8. The molecular weight excluding hydrogens is 304 g/mol. The second kappa shape index (κ2) is 6.63. The maximum Gasteiger partial charge on any atom is 0.127 e. The molecule has 1 fully saturated rings. The number of likely N-dealkylation sites (tertiary alicyclic amines) is 1. The Morgan fingerprint density at radius 3 is 3.08 bits per heavy atom. The number of aliphatic hydroxyl groups excluding tert-OH is 1. The molecule has 0 bridgehead atoms. The van der Waals surface area contributed by atoms with Crippen LogP contribution in [0.25, 0.3) is 10.9 Å². The van der Waals surface area contributed by atoms with E-state index in [0.29, 0.717) is 6.54 Å². The monoisotopic (exact) mass is 324 g/mol. The van der Waals surface area contributed by atoms with Crippen LogP contribution in [0.5, 0.6) is 5.75 Å².